The lowest BCUT2D eigenvalue weighted by molar-refractivity contribution is 0.594. The lowest BCUT2D eigenvalue weighted by Gasteiger charge is -2.11. The molecule has 3 rings (SSSR count). The van der Waals surface area contributed by atoms with Crippen LogP contribution in [0.1, 0.15) is 42.9 Å². The fourth-order valence-electron chi connectivity index (χ4n) is 3.23. The van der Waals surface area contributed by atoms with Crippen molar-refractivity contribution in [3.05, 3.63) is 76.2 Å². The summed E-state index contributed by atoms with van der Waals surface area (Å²) in [7, 11) is -3.04. The van der Waals surface area contributed by atoms with Crippen molar-refractivity contribution in [1.29, 1.82) is 0 Å². The molecule has 0 unspecified atom stereocenters. The van der Waals surface area contributed by atoms with Gasteiger partial charge in [-0.15, -0.1) is 0 Å². The molecule has 1 aromatic carbocycles. The van der Waals surface area contributed by atoms with E-state index in [0.717, 1.165) is 36.0 Å². The van der Waals surface area contributed by atoms with Gasteiger partial charge >= 0.3 is 0 Å². The minimum Gasteiger partial charge on any atom is -0.313 e. The van der Waals surface area contributed by atoms with Gasteiger partial charge in [-0.3, -0.25) is 10.2 Å². The van der Waals surface area contributed by atoms with Gasteiger partial charge in [-0.25, -0.2) is 8.42 Å². The maximum Gasteiger partial charge on any atom is 0.250 e. The first-order chi connectivity index (χ1) is 13.8. The molecular formula is C22H27N3O3S. The van der Waals surface area contributed by atoms with Gasteiger partial charge in [0, 0.05) is 24.4 Å². The number of hydrazone groups is 1. The van der Waals surface area contributed by atoms with Gasteiger partial charge in [0.25, 0.3) is 5.56 Å². The molecule has 7 heteroatoms. The Balaban J connectivity index is 1.79. The summed E-state index contributed by atoms with van der Waals surface area (Å²) in [5.74, 6) is 0.0799. The van der Waals surface area contributed by atoms with Crippen LogP contribution in [0.25, 0.3) is 0 Å². The molecule has 0 spiro atoms. The molecule has 29 heavy (non-hydrogen) atoms. The fraction of sp³-hybridized carbons (Fsp3) is 0.364. The van der Waals surface area contributed by atoms with Crippen LogP contribution in [0.2, 0.25) is 0 Å². The summed E-state index contributed by atoms with van der Waals surface area (Å²) in [6.45, 7) is 8.44. The number of nitrogens with one attached hydrogen (secondary N) is 1. The Hall–Kier alpha value is -2.67. The van der Waals surface area contributed by atoms with Crippen LogP contribution in [0.4, 0.5) is 5.69 Å². The van der Waals surface area contributed by atoms with Crippen LogP contribution in [0.15, 0.2) is 59.1 Å². The van der Waals surface area contributed by atoms with Crippen LogP contribution in [0.5, 0.6) is 0 Å². The topological polar surface area (TPSA) is 80.5 Å². The van der Waals surface area contributed by atoms with Crippen molar-refractivity contribution in [1.82, 2.24) is 4.57 Å². The highest BCUT2D eigenvalue weighted by Crippen LogP contribution is 2.31. The van der Waals surface area contributed by atoms with Crippen LogP contribution >= 0.6 is 0 Å². The Kier molecular flexibility index (Phi) is 6.37. The van der Waals surface area contributed by atoms with E-state index in [2.05, 4.69) is 17.1 Å². The summed E-state index contributed by atoms with van der Waals surface area (Å²) in [6, 6.07) is 8.82. The van der Waals surface area contributed by atoms with Gasteiger partial charge in [-0.05, 0) is 49.5 Å². The molecule has 154 valence electrons. The van der Waals surface area contributed by atoms with Gasteiger partial charge in [0.1, 0.15) is 0 Å². The van der Waals surface area contributed by atoms with E-state index in [4.69, 9.17) is 0 Å². The first kappa shape index (κ1) is 21.0. The number of rotatable bonds is 9. The smallest absolute Gasteiger partial charge is 0.250 e. The third kappa shape index (κ3) is 5.23. The van der Waals surface area contributed by atoms with E-state index in [0.29, 0.717) is 17.9 Å². The molecule has 0 bridgehead atoms. The fourth-order valence-corrected chi connectivity index (χ4v) is 4.97. The van der Waals surface area contributed by atoms with E-state index in [-0.39, 0.29) is 16.6 Å². The SMILES string of the molecule is C=C/C(=N\Nc1ccc(=O)n(CCC)c1)c1ccc(CS(=O)(=O)C2CC2)cc1C. The Bertz CT molecular complexity index is 1100. The molecule has 0 atom stereocenters. The number of aryl methyl sites for hydroxylation is 2. The van der Waals surface area contributed by atoms with Crippen molar-refractivity contribution >= 4 is 21.2 Å². The number of hydrogen-bond acceptors (Lipinski definition) is 5. The predicted octanol–water partition coefficient (Wildman–Crippen LogP) is 3.65. The number of allylic oxidation sites excluding steroid dienone is 1. The lowest BCUT2D eigenvalue weighted by atomic mass is 10.0. The molecule has 0 aliphatic heterocycles. The zero-order valence-electron chi connectivity index (χ0n) is 16.9. The van der Waals surface area contributed by atoms with Crippen molar-refractivity contribution in [2.75, 3.05) is 5.43 Å². The quantitative estimate of drug-likeness (QED) is 0.503. The number of sulfone groups is 1. The number of nitrogens with zero attached hydrogens (tertiary/aromatic N) is 2. The van der Waals surface area contributed by atoms with Gasteiger partial charge in [0.15, 0.2) is 9.84 Å². The number of anilines is 1. The van der Waals surface area contributed by atoms with Crippen molar-refractivity contribution in [3.63, 3.8) is 0 Å². The monoisotopic (exact) mass is 413 g/mol. The highest BCUT2D eigenvalue weighted by molar-refractivity contribution is 7.91. The second kappa shape index (κ2) is 8.78. The molecule has 1 N–H and O–H groups in total. The summed E-state index contributed by atoms with van der Waals surface area (Å²) in [5.41, 5.74) is 6.90. The molecule has 1 aromatic heterocycles. The van der Waals surface area contributed by atoms with E-state index in [1.807, 2.05) is 32.0 Å². The van der Waals surface area contributed by atoms with Crippen molar-refractivity contribution in [3.8, 4) is 0 Å². The van der Waals surface area contributed by atoms with Gasteiger partial charge < -0.3 is 4.57 Å². The molecule has 1 fully saturated rings. The summed E-state index contributed by atoms with van der Waals surface area (Å²) in [5, 5.41) is 4.27. The van der Waals surface area contributed by atoms with Gasteiger partial charge in [-0.2, -0.15) is 5.10 Å². The Morgan fingerprint density at radius 1 is 1.31 bits per heavy atom. The van der Waals surface area contributed by atoms with Crippen LogP contribution in [0.3, 0.4) is 0 Å². The highest BCUT2D eigenvalue weighted by Gasteiger charge is 2.35. The lowest BCUT2D eigenvalue weighted by Crippen LogP contribution is -2.18. The molecule has 1 heterocycles. The van der Waals surface area contributed by atoms with Gasteiger partial charge in [0.2, 0.25) is 0 Å². The molecule has 0 saturated heterocycles. The maximum absolute atomic E-state index is 12.2. The highest BCUT2D eigenvalue weighted by atomic mass is 32.2. The van der Waals surface area contributed by atoms with Gasteiger partial charge in [-0.1, -0.05) is 31.7 Å². The number of aromatic nitrogens is 1. The summed E-state index contributed by atoms with van der Waals surface area (Å²) < 4.78 is 26.1. The Morgan fingerprint density at radius 3 is 2.69 bits per heavy atom. The van der Waals surface area contributed by atoms with E-state index in [9.17, 15) is 13.2 Å². The van der Waals surface area contributed by atoms with Crippen molar-refractivity contribution in [2.24, 2.45) is 5.10 Å². The van der Waals surface area contributed by atoms with E-state index in [1.165, 1.54) is 6.07 Å². The number of pyridine rings is 1. The zero-order chi connectivity index (χ0) is 21.0. The summed E-state index contributed by atoms with van der Waals surface area (Å²) in [4.78, 5) is 11.8. The van der Waals surface area contributed by atoms with Crippen LogP contribution in [-0.2, 0) is 22.1 Å². The van der Waals surface area contributed by atoms with E-state index < -0.39 is 9.84 Å². The Morgan fingerprint density at radius 2 is 2.07 bits per heavy atom. The number of hydrogen-bond donors (Lipinski definition) is 1. The van der Waals surface area contributed by atoms with E-state index >= 15 is 0 Å². The third-order valence-corrected chi connectivity index (χ3v) is 7.14. The predicted molar refractivity (Wildman–Crippen MR) is 118 cm³/mol. The normalized spacial score (nSPS) is 14.6. The average molecular weight is 414 g/mol. The number of benzene rings is 1. The average Bonchev–Trinajstić information content (AvgIpc) is 3.52. The van der Waals surface area contributed by atoms with Crippen molar-refractivity contribution < 1.29 is 8.42 Å². The van der Waals surface area contributed by atoms with Gasteiger partial charge in [0.05, 0.1) is 22.4 Å². The maximum atomic E-state index is 12.2. The molecule has 1 aliphatic rings. The molecule has 1 aliphatic carbocycles. The first-order valence-corrected chi connectivity index (χ1v) is 11.5. The molecule has 0 amide bonds. The molecule has 2 aromatic rings. The second-order valence-electron chi connectivity index (χ2n) is 7.42. The minimum atomic E-state index is -3.04. The molecule has 1 saturated carbocycles. The first-order valence-electron chi connectivity index (χ1n) is 9.82. The van der Waals surface area contributed by atoms with E-state index in [1.54, 1.807) is 22.9 Å². The standard InChI is InChI=1S/C22H27N3O3S/c1-4-12-25-14-18(7-11-22(25)26)23-24-21(5-2)20-10-6-17(13-16(20)3)15-29(27,28)19-8-9-19/h5-7,10-11,13-14,19,23H,2,4,8-9,12,15H2,1,3H3/b24-21+. The Labute approximate surface area is 171 Å². The zero-order valence-corrected chi connectivity index (χ0v) is 17.7. The summed E-state index contributed by atoms with van der Waals surface area (Å²) >= 11 is 0. The largest absolute Gasteiger partial charge is 0.313 e. The molecule has 6 nitrogen and oxygen atoms in total. The minimum absolute atomic E-state index is 0.0436. The third-order valence-electron chi connectivity index (χ3n) is 4.91. The van der Waals surface area contributed by atoms with Crippen LogP contribution < -0.4 is 11.0 Å². The van der Waals surface area contributed by atoms with Crippen LogP contribution in [-0.4, -0.2) is 23.9 Å². The summed E-state index contributed by atoms with van der Waals surface area (Å²) in [6.07, 6.45) is 5.83. The van der Waals surface area contributed by atoms with Crippen LogP contribution in [0, 0.1) is 6.92 Å². The van der Waals surface area contributed by atoms with Crippen molar-refractivity contribution in [2.45, 2.75) is 50.7 Å². The molecular weight excluding hydrogens is 386 g/mol. The second-order valence-corrected chi connectivity index (χ2v) is 9.70. The molecule has 0 radical (unpaired) electrons.